The normalized spacial score (nSPS) is 18.2. The zero-order valence-electron chi connectivity index (χ0n) is 24.8. The zero-order chi connectivity index (χ0) is 30.2. The number of thioether (sulfide) groups is 1. The van der Waals surface area contributed by atoms with Crippen LogP contribution in [0.1, 0.15) is 36.8 Å². The Labute approximate surface area is 259 Å². The van der Waals surface area contributed by atoms with Gasteiger partial charge in [0.15, 0.2) is 17.1 Å². The summed E-state index contributed by atoms with van der Waals surface area (Å²) in [5.74, 6) is 0.981. The summed E-state index contributed by atoms with van der Waals surface area (Å²) in [7, 11) is 1.60. The molecule has 11 heteroatoms. The molecule has 4 aromatic rings. The molecule has 0 bridgehead atoms. The van der Waals surface area contributed by atoms with Gasteiger partial charge < -0.3 is 19.5 Å². The maximum atomic E-state index is 14.7. The molecule has 1 aliphatic carbocycles. The van der Waals surface area contributed by atoms with E-state index in [1.165, 1.54) is 24.6 Å². The smallest absolute Gasteiger partial charge is 0.213 e. The summed E-state index contributed by atoms with van der Waals surface area (Å²) in [6, 6.07) is 9.28. The monoisotopic (exact) mass is 618 g/mol. The largest absolute Gasteiger partial charge is 0.481 e. The standard InChI is InChI=1S/C33H36F2N6O2S/c1-43-29-13-22(8-9-36-29)17-41(19-23-18-40-11-12-44-33-30(35)27(34)14-26(31(33)40)32(23)42)25-3-2-10-39(20-25)24-6-7-28(38-16-24)37-15-21-4-5-21/h6-9,13-14,16,18,21,25H,2-5,10-12,15,17,19-20H2,1H3,(H,37,38). The Morgan fingerprint density at radius 1 is 1.11 bits per heavy atom. The molecule has 7 rings (SSSR count). The fraction of sp³-hybridized carbons (Fsp3) is 0.424. The average Bonchev–Trinajstić information content (AvgIpc) is 3.89. The van der Waals surface area contributed by atoms with Crippen molar-refractivity contribution in [1.29, 1.82) is 0 Å². The van der Waals surface area contributed by atoms with Crippen LogP contribution in [0.25, 0.3) is 10.9 Å². The molecule has 1 N–H and O–H groups in total. The summed E-state index contributed by atoms with van der Waals surface area (Å²) in [4.78, 5) is 27.7. The second-order valence-electron chi connectivity index (χ2n) is 12.0. The molecule has 5 heterocycles. The highest BCUT2D eigenvalue weighted by molar-refractivity contribution is 7.99. The van der Waals surface area contributed by atoms with Crippen LogP contribution in [0.4, 0.5) is 20.3 Å². The fourth-order valence-corrected chi connectivity index (χ4v) is 7.45. The number of halogens is 2. The summed E-state index contributed by atoms with van der Waals surface area (Å²) in [6.07, 6.45) is 10.1. The Hall–Kier alpha value is -3.70. The number of hydrogen-bond donors (Lipinski definition) is 1. The second-order valence-corrected chi connectivity index (χ2v) is 13.1. The number of aromatic nitrogens is 3. The van der Waals surface area contributed by atoms with Crippen molar-refractivity contribution in [2.24, 2.45) is 5.92 Å². The molecule has 0 spiro atoms. The van der Waals surface area contributed by atoms with Crippen molar-refractivity contribution in [3.05, 3.63) is 81.9 Å². The molecule has 1 aromatic carbocycles. The molecule has 2 fully saturated rings. The van der Waals surface area contributed by atoms with Crippen LogP contribution in [0.2, 0.25) is 0 Å². The molecule has 3 aliphatic rings. The lowest BCUT2D eigenvalue weighted by molar-refractivity contribution is 0.158. The van der Waals surface area contributed by atoms with Crippen LogP contribution in [-0.2, 0) is 19.6 Å². The molecule has 1 unspecified atom stereocenters. The third-order valence-corrected chi connectivity index (χ3v) is 9.97. The Bertz CT molecular complexity index is 1730. The van der Waals surface area contributed by atoms with Gasteiger partial charge in [-0.15, -0.1) is 11.8 Å². The minimum atomic E-state index is -0.978. The van der Waals surface area contributed by atoms with Crippen LogP contribution in [0.15, 0.2) is 58.6 Å². The van der Waals surface area contributed by atoms with Crippen molar-refractivity contribution in [3.63, 3.8) is 0 Å². The molecule has 1 saturated carbocycles. The number of aryl methyl sites for hydroxylation is 1. The highest BCUT2D eigenvalue weighted by Crippen LogP contribution is 2.35. The van der Waals surface area contributed by atoms with E-state index in [2.05, 4.69) is 37.2 Å². The number of anilines is 2. The van der Waals surface area contributed by atoms with Gasteiger partial charge in [-0.25, -0.2) is 18.7 Å². The average molecular weight is 619 g/mol. The van der Waals surface area contributed by atoms with E-state index in [9.17, 15) is 13.6 Å². The number of rotatable bonds is 10. The Balaban J connectivity index is 1.19. The Morgan fingerprint density at radius 3 is 2.80 bits per heavy atom. The molecule has 230 valence electrons. The fourth-order valence-electron chi connectivity index (χ4n) is 6.37. The molecule has 2 aliphatic heterocycles. The lowest BCUT2D eigenvalue weighted by Gasteiger charge is -2.40. The number of piperidine rings is 1. The molecule has 44 heavy (non-hydrogen) atoms. The summed E-state index contributed by atoms with van der Waals surface area (Å²) in [5, 5.41) is 3.68. The van der Waals surface area contributed by atoms with Gasteiger partial charge in [-0.1, -0.05) is 0 Å². The molecule has 3 aromatic heterocycles. The number of hydrogen-bond acceptors (Lipinski definition) is 8. The molecular weight excluding hydrogens is 582 g/mol. The van der Waals surface area contributed by atoms with Gasteiger partial charge in [0.2, 0.25) is 5.88 Å². The predicted octanol–water partition coefficient (Wildman–Crippen LogP) is 5.68. The topological polar surface area (TPSA) is 75.5 Å². The van der Waals surface area contributed by atoms with Crippen LogP contribution >= 0.6 is 11.8 Å². The number of benzene rings is 1. The third kappa shape index (κ3) is 5.99. The highest BCUT2D eigenvalue weighted by atomic mass is 32.2. The van der Waals surface area contributed by atoms with Crippen molar-refractivity contribution in [2.75, 3.05) is 42.7 Å². The van der Waals surface area contributed by atoms with Gasteiger partial charge in [0, 0.05) is 75.1 Å². The van der Waals surface area contributed by atoms with Crippen LogP contribution < -0.4 is 20.4 Å². The van der Waals surface area contributed by atoms with Crippen molar-refractivity contribution >= 4 is 34.2 Å². The van der Waals surface area contributed by atoms with Gasteiger partial charge >= 0.3 is 0 Å². The van der Waals surface area contributed by atoms with E-state index in [-0.39, 0.29) is 21.8 Å². The van der Waals surface area contributed by atoms with Gasteiger partial charge in [0.05, 0.1) is 34.8 Å². The number of ether oxygens (including phenoxy) is 1. The zero-order valence-corrected chi connectivity index (χ0v) is 25.6. The van der Waals surface area contributed by atoms with Crippen molar-refractivity contribution in [1.82, 2.24) is 19.4 Å². The SMILES string of the molecule is COc1cc(CN(Cc2cn3c4c(c(F)c(F)cc4c2=O)SCC3)C2CCCN(c3ccc(NCC4CC4)nc3)C2)ccn1. The van der Waals surface area contributed by atoms with Crippen LogP contribution in [0.3, 0.4) is 0 Å². The first-order valence-electron chi connectivity index (χ1n) is 15.3. The van der Waals surface area contributed by atoms with Crippen molar-refractivity contribution in [3.8, 4) is 5.88 Å². The summed E-state index contributed by atoms with van der Waals surface area (Å²) in [6.45, 7) is 4.27. The van der Waals surface area contributed by atoms with Crippen molar-refractivity contribution in [2.45, 2.75) is 56.3 Å². The van der Waals surface area contributed by atoms with Gasteiger partial charge in [0.25, 0.3) is 0 Å². The van der Waals surface area contributed by atoms with E-state index < -0.39 is 11.6 Å². The van der Waals surface area contributed by atoms with E-state index in [1.54, 1.807) is 13.3 Å². The molecule has 0 amide bonds. The first-order valence-corrected chi connectivity index (χ1v) is 16.3. The number of nitrogens with one attached hydrogen (secondary N) is 1. The maximum Gasteiger partial charge on any atom is 0.213 e. The highest BCUT2D eigenvalue weighted by Gasteiger charge is 2.29. The lowest BCUT2D eigenvalue weighted by Crippen LogP contribution is -2.48. The number of pyridine rings is 3. The molecule has 8 nitrogen and oxygen atoms in total. The first kappa shape index (κ1) is 29.0. The number of methoxy groups -OCH3 is 1. The summed E-state index contributed by atoms with van der Waals surface area (Å²) < 4.78 is 36.6. The molecule has 1 atom stereocenters. The number of nitrogens with zero attached hydrogens (tertiary/aromatic N) is 5. The maximum absolute atomic E-state index is 14.7. The summed E-state index contributed by atoms with van der Waals surface area (Å²) in [5.41, 5.74) is 2.92. The van der Waals surface area contributed by atoms with Crippen LogP contribution in [-0.4, -0.2) is 58.0 Å². The quantitative estimate of drug-likeness (QED) is 0.244. The van der Waals surface area contributed by atoms with Gasteiger partial charge in [-0.2, -0.15) is 0 Å². The van der Waals surface area contributed by atoms with E-state index in [0.717, 1.165) is 61.5 Å². The predicted molar refractivity (Wildman–Crippen MR) is 170 cm³/mol. The van der Waals surface area contributed by atoms with Gasteiger partial charge in [-0.05, 0) is 61.4 Å². The van der Waals surface area contributed by atoms with Gasteiger partial charge in [0.1, 0.15) is 5.82 Å². The Kier molecular flexibility index (Phi) is 8.16. The second kappa shape index (κ2) is 12.4. The van der Waals surface area contributed by atoms with E-state index >= 15 is 0 Å². The minimum absolute atomic E-state index is 0.142. The van der Waals surface area contributed by atoms with Crippen molar-refractivity contribution < 1.29 is 13.5 Å². The molecule has 0 radical (unpaired) electrons. The summed E-state index contributed by atoms with van der Waals surface area (Å²) >= 11 is 1.27. The minimum Gasteiger partial charge on any atom is -0.481 e. The van der Waals surface area contributed by atoms with Crippen LogP contribution in [0.5, 0.6) is 5.88 Å². The molecular formula is C33H36F2N6O2S. The third-order valence-electron chi connectivity index (χ3n) is 8.93. The lowest BCUT2D eigenvalue weighted by atomic mass is 10.0. The van der Waals surface area contributed by atoms with Gasteiger partial charge in [-0.3, -0.25) is 9.69 Å². The van der Waals surface area contributed by atoms with E-state index in [0.29, 0.717) is 42.3 Å². The molecule has 1 saturated heterocycles. The Morgan fingerprint density at radius 2 is 2.00 bits per heavy atom. The van der Waals surface area contributed by atoms with E-state index in [4.69, 9.17) is 4.74 Å². The van der Waals surface area contributed by atoms with E-state index in [1.807, 2.05) is 29.1 Å². The first-order chi connectivity index (χ1) is 21.5. The van der Waals surface area contributed by atoms with Crippen LogP contribution in [0, 0.1) is 17.6 Å².